The SMILES string of the molecule is C=CCCOCC(N)N1CCC(C(=O)OCC)CC1. The summed E-state index contributed by atoms with van der Waals surface area (Å²) < 4.78 is 10.5. The second-order valence-corrected chi connectivity index (χ2v) is 4.78. The van der Waals surface area contributed by atoms with E-state index < -0.39 is 0 Å². The van der Waals surface area contributed by atoms with Gasteiger partial charge in [0, 0.05) is 13.1 Å². The van der Waals surface area contributed by atoms with E-state index in [1.54, 1.807) is 0 Å². The second kappa shape index (κ2) is 9.07. The molecule has 1 aliphatic rings. The molecule has 19 heavy (non-hydrogen) atoms. The molecule has 0 bridgehead atoms. The third kappa shape index (κ3) is 5.72. The van der Waals surface area contributed by atoms with Crippen molar-refractivity contribution >= 4 is 5.97 Å². The molecule has 0 amide bonds. The van der Waals surface area contributed by atoms with Gasteiger partial charge < -0.3 is 15.2 Å². The van der Waals surface area contributed by atoms with Crippen molar-refractivity contribution in [1.82, 2.24) is 4.90 Å². The lowest BCUT2D eigenvalue weighted by Crippen LogP contribution is -2.49. The third-order valence-corrected chi connectivity index (χ3v) is 3.37. The standard InChI is InChI=1S/C14H26N2O3/c1-3-5-10-18-11-13(15)16-8-6-12(7-9-16)14(17)19-4-2/h3,12-13H,1,4-11,15H2,2H3. The van der Waals surface area contributed by atoms with Crippen LogP contribution in [0.3, 0.4) is 0 Å². The van der Waals surface area contributed by atoms with Gasteiger partial charge in [0.1, 0.15) is 0 Å². The van der Waals surface area contributed by atoms with E-state index in [1.165, 1.54) is 0 Å². The number of likely N-dealkylation sites (tertiary alicyclic amines) is 1. The zero-order valence-corrected chi connectivity index (χ0v) is 11.8. The molecule has 1 fully saturated rings. The van der Waals surface area contributed by atoms with Gasteiger partial charge >= 0.3 is 5.97 Å². The van der Waals surface area contributed by atoms with E-state index >= 15 is 0 Å². The van der Waals surface area contributed by atoms with Crippen molar-refractivity contribution < 1.29 is 14.3 Å². The number of esters is 1. The molecule has 0 aromatic rings. The van der Waals surface area contributed by atoms with Crippen molar-refractivity contribution in [2.24, 2.45) is 11.7 Å². The lowest BCUT2D eigenvalue weighted by atomic mass is 9.97. The summed E-state index contributed by atoms with van der Waals surface area (Å²) in [6.45, 7) is 8.78. The predicted octanol–water partition coefficient (Wildman–Crippen LogP) is 1.14. The summed E-state index contributed by atoms with van der Waals surface area (Å²) in [7, 11) is 0. The van der Waals surface area contributed by atoms with Crippen molar-refractivity contribution in [2.75, 3.05) is 32.9 Å². The second-order valence-electron chi connectivity index (χ2n) is 4.78. The number of rotatable bonds is 8. The molecule has 1 rings (SSSR count). The maximum Gasteiger partial charge on any atom is 0.309 e. The fourth-order valence-electron chi connectivity index (χ4n) is 2.20. The Bertz CT molecular complexity index is 276. The Kier molecular flexibility index (Phi) is 7.70. The number of nitrogens with two attached hydrogens (primary N) is 1. The summed E-state index contributed by atoms with van der Waals surface area (Å²) in [5, 5.41) is 0. The lowest BCUT2D eigenvalue weighted by molar-refractivity contribution is -0.149. The van der Waals surface area contributed by atoms with Crippen LogP contribution < -0.4 is 5.73 Å². The molecule has 1 atom stereocenters. The highest BCUT2D eigenvalue weighted by molar-refractivity contribution is 5.72. The molecule has 0 radical (unpaired) electrons. The van der Waals surface area contributed by atoms with Gasteiger partial charge in [-0.05, 0) is 26.2 Å². The fourth-order valence-corrected chi connectivity index (χ4v) is 2.20. The van der Waals surface area contributed by atoms with E-state index in [0.717, 1.165) is 32.4 Å². The Morgan fingerprint density at radius 2 is 2.21 bits per heavy atom. The maximum atomic E-state index is 11.6. The molecular weight excluding hydrogens is 244 g/mol. The van der Waals surface area contributed by atoms with Crippen LogP contribution in [0, 0.1) is 5.92 Å². The van der Waals surface area contributed by atoms with Crippen molar-refractivity contribution in [3.05, 3.63) is 12.7 Å². The molecule has 1 aliphatic heterocycles. The first-order valence-electron chi connectivity index (χ1n) is 7.04. The number of hydrogen-bond donors (Lipinski definition) is 1. The zero-order valence-electron chi connectivity index (χ0n) is 11.8. The molecule has 1 heterocycles. The highest BCUT2D eigenvalue weighted by atomic mass is 16.5. The van der Waals surface area contributed by atoms with Crippen molar-refractivity contribution in [3.63, 3.8) is 0 Å². The molecule has 0 aromatic carbocycles. The van der Waals surface area contributed by atoms with Crippen LogP contribution in [-0.2, 0) is 14.3 Å². The number of piperidine rings is 1. The Balaban J connectivity index is 2.21. The molecule has 110 valence electrons. The topological polar surface area (TPSA) is 64.8 Å². The molecule has 5 nitrogen and oxygen atoms in total. The van der Waals surface area contributed by atoms with Gasteiger partial charge in [-0.3, -0.25) is 9.69 Å². The smallest absolute Gasteiger partial charge is 0.309 e. The summed E-state index contributed by atoms with van der Waals surface area (Å²) in [4.78, 5) is 13.8. The van der Waals surface area contributed by atoms with Gasteiger partial charge in [0.2, 0.25) is 0 Å². The van der Waals surface area contributed by atoms with E-state index in [4.69, 9.17) is 15.2 Å². The first-order chi connectivity index (χ1) is 9.19. The lowest BCUT2D eigenvalue weighted by Gasteiger charge is -2.34. The number of carbonyl (C=O) groups is 1. The monoisotopic (exact) mass is 270 g/mol. The highest BCUT2D eigenvalue weighted by Crippen LogP contribution is 2.19. The molecule has 2 N–H and O–H groups in total. The first-order valence-corrected chi connectivity index (χ1v) is 7.04. The molecule has 1 unspecified atom stereocenters. The van der Waals surface area contributed by atoms with Crippen LogP contribution in [-0.4, -0.2) is 49.9 Å². The molecule has 0 saturated carbocycles. The number of hydrogen-bond acceptors (Lipinski definition) is 5. The van der Waals surface area contributed by atoms with E-state index in [2.05, 4.69) is 11.5 Å². The van der Waals surface area contributed by atoms with Gasteiger partial charge in [0.25, 0.3) is 0 Å². The summed E-state index contributed by atoms with van der Waals surface area (Å²) in [6.07, 6.45) is 4.22. The largest absolute Gasteiger partial charge is 0.466 e. The van der Waals surface area contributed by atoms with Crippen LogP contribution >= 0.6 is 0 Å². The average molecular weight is 270 g/mol. The fraction of sp³-hybridized carbons (Fsp3) is 0.786. The minimum atomic E-state index is -0.0899. The number of nitrogens with zero attached hydrogens (tertiary/aromatic N) is 1. The molecule has 0 aromatic heterocycles. The van der Waals surface area contributed by atoms with Gasteiger partial charge in [-0.2, -0.15) is 0 Å². The van der Waals surface area contributed by atoms with Gasteiger partial charge in [-0.25, -0.2) is 0 Å². The van der Waals surface area contributed by atoms with Gasteiger partial charge in [0.05, 0.1) is 31.9 Å². The normalized spacial score (nSPS) is 19.1. The highest BCUT2D eigenvalue weighted by Gasteiger charge is 2.28. The molecule has 0 spiro atoms. The van der Waals surface area contributed by atoms with Crippen LogP contribution in [0.15, 0.2) is 12.7 Å². The summed E-state index contributed by atoms with van der Waals surface area (Å²) in [6, 6.07) is 0. The molecular formula is C14H26N2O3. The Morgan fingerprint density at radius 3 is 2.79 bits per heavy atom. The first kappa shape index (κ1) is 16.1. The predicted molar refractivity (Wildman–Crippen MR) is 74.5 cm³/mol. The van der Waals surface area contributed by atoms with Crippen molar-refractivity contribution in [1.29, 1.82) is 0 Å². The molecule has 5 heteroatoms. The molecule has 0 aliphatic carbocycles. The Labute approximate surface area is 115 Å². The Morgan fingerprint density at radius 1 is 1.53 bits per heavy atom. The van der Waals surface area contributed by atoms with Crippen LogP contribution in [0.5, 0.6) is 0 Å². The van der Waals surface area contributed by atoms with Crippen LogP contribution in [0.2, 0.25) is 0 Å². The third-order valence-electron chi connectivity index (χ3n) is 3.37. The van der Waals surface area contributed by atoms with Gasteiger partial charge in [-0.15, -0.1) is 6.58 Å². The Hall–Kier alpha value is -0.910. The van der Waals surface area contributed by atoms with Crippen LogP contribution in [0.1, 0.15) is 26.2 Å². The van der Waals surface area contributed by atoms with E-state index in [0.29, 0.717) is 19.8 Å². The average Bonchev–Trinajstić information content (AvgIpc) is 2.44. The minimum Gasteiger partial charge on any atom is -0.466 e. The van der Waals surface area contributed by atoms with Gasteiger partial charge in [-0.1, -0.05) is 6.08 Å². The van der Waals surface area contributed by atoms with Crippen LogP contribution in [0.4, 0.5) is 0 Å². The van der Waals surface area contributed by atoms with Crippen LogP contribution in [0.25, 0.3) is 0 Å². The van der Waals surface area contributed by atoms with E-state index in [9.17, 15) is 4.79 Å². The van der Waals surface area contributed by atoms with Crippen molar-refractivity contribution in [3.8, 4) is 0 Å². The summed E-state index contributed by atoms with van der Waals surface area (Å²) >= 11 is 0. The molecule has 1 saturated heterocycles. The summed E-state index contributed by atoms with van der Waals surface area (Å²) in [5.41, 5.74) is 6.07. The maximum absolute atomic E-state index is 11.6. The quantitative estimate of drug-likeness (QED) is 0.407. The number of ether oxygens (including phenoxy) is 2. The van der Waals surface area contributed by atoms with E-state index in [1.807, 2.05) is 13.0 Å². The summed E-state index contributed by atoms with van der Waals surface area (Å²) in [5.74, 6) is -0.0389. The number of carbonyl (C=O) groups excluding carboxylic acids is 1. The van der Waals surface area contributed by atoms with E-state index in [-0.39, 0.29) is 18.1 Å². The zero-order chi connectivity index (χ0) is 14.1. The van der Waals surface area contributed by atoms with Crippen molar-refractivity contribution in [2.45, 2.75) is 32.4 Å². The van der Waals surface area contributed by atoms with Gasteiger partial charge in [0.15, 0.2) is 0 Å². The minimum absolute atomic E-state index is 0.0325.